The van der Waals surface area contributed by atoms with Gasteiger partial charge in [0, 0.05) is 12.0 Å². The predicted molar refractivity (Wildman–Crippen MR) is 65.7 cm³/mol. The van der Waals surface area contributed by atoms with E-state index in [2.05, 4.69) is 0 Å². The summed E-state index contributed by atoms with van der Waals surface area (Å²) in [5, 5.41) is 0. The summed E-state index contributed by atoms with van der Waals surface area (Å²) in [6, 6.07) is 19.6. The van der Waals surface area contributed by atoms with Gasteiger partial charge in [0.05, 0.1) is 0 Å². The first-order chi connectivity index (χ1) is 7.90. The van der Waals surface area contributed by atoms with Crippen LogP contribution in [0.5, 0.6) is 0 Å². The maximum Gasteiger partial charge on any atom is 0.128 e. The lowest BCUT2D eigenvalue weighted by atomic mass is 10.00. The third kappa shape index (κ3) is 2.47. The van der Waals surface area contributed by atoms with Crippen LogP contribution in [0.1, 0.15) is 11.1 Å². The van der Waals surface area contributed by atoms with E-state index < -0.39 is 0 Å². The third-order valence-corrected chi connectivity index (χ3v) is 2.47. The molecule has 0 bridgehead atoms. The quantitative estimate of drug-likeness (QED) is 0.708. The lowest BCUT2D eigenvalue weighted by Crippen LogP contribution is -1.91. The second kappa shape index (κ2) is 5.11. The molecule has 2 rings (SSSR count). The van der Waals surface area contributed by atoms with Gasteiger partial charge in [-0.15, -0.1) is 0 Å². The van der Waals surface area contributed by atoms with Crippen LogP contribution in [0.3, 0.4) is 0 Å². The minimum absolute atomic E-state index is 0.633. The highest BCUT2D eigenvalue weighted by Gasteiger charge is 2.03. The second-order valence-corrected chi connectivity index (χ2v) is 3.61. The smallest absolute Gasteiger partial charge is 0.128 e. The lowest BCUT2D eigenvalue weighted by molar-refractivity contribution is 0.569. The minimum Gasteiger partial charge on any atom is -0.233 e. The zero-order chi connectivity index (χ0) is 11.2. The maximum atomic E-state index is 10.9. The highest BCUT2D eigenvalue weighted by atomic mass is 16.1. The fourth-order valence-corrected chi connectivity index (χ4v) is 1.64. The Morgan fingerprint density at radius 3 is 2.00 bits per heavy atom. The fraction of sp³-hybridized carbons (Fsp3) is 0.0667. The Bertz CT molecular complexity index is 493. The number of carbonyl (C=O) groups excluding carboxylic acids is 1. The predicted octanol–water partition coefficient (Wildman–Crippen LogP) is 3.14. The average molecular weight is 208 g/mol. The van der Waals surface area contributed by atoms with Crippen molar-refractivity contribution in [2.75, 3.05) is 0 Å². The van der Waals surface area contributed by atoms with E-state index in [0.717, 1.165) is 11.1 Å². The Kier molecular flexibility index (Phi) is 3.32. The van der Waals surface area contributed by atoms with Crippen molar-refractivity contribution in [1.82, 2.24) is 0 Å². The van der Waals surface area contributed by atoms with Crippen LogP contribution in [-0.4, -0.2) is 5.94 Å². The van der Waals surface area contributed by atoms with Gasteiger partial charge in [-0.05, 0) is 11.1 Å². The standard InChI is InChI=1S/C15H12O/c16-12-15(14-9-5-2-6-10-14)11-13-7-3-1-4-8-13/h1-10H,11H2. The number of allylic oxidation sites excluding steroid dienone is 1. The van der Waals surface area contributed by atoms with Crippen molar-refractivity contribution in [1.29, 1.82) is 0 Å². The molecule has 1 nitrogen and oxygen atoms in total. The molecule has 0 unspecified atom stereocenters. The summed E-state index contributed by atoms with van der Waals surface area (Å²) in [7, 11) is 0. The molecule has 2 aromatic rings. The maximum absolute atomic E-state index is 10.9. The van der Waals surface area contributed by atoms with Crippen LogP contribution < -0.4 is 0 Å². The van der Waals surface area contributed by atoms with Crippen LogP contribution in [0.25, 0.3) is 5.57 Å². The van der Waals surface area contributed by atoms with Crippen LogP contribution in [0.2, 0.25) is 0 Å². The van der Waals surface area contributed by atoms with Crippen LogP contribution in [0, 0.1) is 0 Å². The summed E-state index contributed by atoms with van der Waals surface area (Å²) in [6.07, 6.45) is 0.633. The SMILES string of the molecule is O=C=C(Cc1ccccc1)c1ccccc1. The summed E-state index contributed by atoms with van der Waals surface area (Å²) in [6.45, 7) is 0. The molecule has 0 aliphatic heterocycles. The van der Waals surface area contributed by atoms with Crippen LogP contribution in [-0.2, 0) is 11.2 Å². The van der Waals surface area contributed by atoms with Crippen molar-refractivity contribution in [3.8, 4) is 0 Å². The minimum atomic E-state index is 0.633. The Morgan fingerprint density at radius 2 is 1.44 bits per heavy atom. The number of rotatable bonds is 3. The van der Waals surface area contributed by atoms with Crippen molar-refractivity contribution >= 4 is 11.5 Å². The molecule has 2 aromatic carbocycles. The van der Waals surface area contributed by atoms with E-state index in [9.17, 15) is 4.79 Å². The Morgan fingerprint density at radius 1 is 0.875 bits per heavy atom. The zero-order valence-electron chi connectivity index (χ0n) is 8.89. The third-order valence-electron chi connectivity index (χ3n) is 2.47. The first kappa shape index (κ1) is 10.4. The van der Waals surface area contributed by atoms with Crippen molar-refractivity contribution in [2.24, 2.45) is 0 Å². The molecule has 0 amide bonds. The average Bonchev–Trinajstić information content (AvgIpc) is 2.38. The summed E-state index contributed by atoms with van der Waals surface area (Å²) < 4.78 is 0. The summed E-state index contributed by atoms with van der Waals surface area (Å²) in [5.41, 5.74) is 2.78. The van der Waals surface area contributed by atoms with E-state index in [1.165, 1.54) is 0 Å². The van der Waals surface area contributed by atoms with Crippen LogP contribution in [0.15, 0.2) is 60.7 Å². The van der Waals surface area contributed by atoms with Gasteiger partial charge in [0.25, 0.3) is 0 Å². The van der Waals surface area contributed by atoms with Crippen molar-refractivity contribution in [2.45, 2.75) is 6.42 Å². The van der Waals surface area contributed by atoms with Crippen molar-refractivity contribution in [3.63, 3.8) is 0 Å². The van der Waals surface area contributed by atoms with Crippen LogP contribution >= 0.6 is 0 Å². The summed E-state index contributed by atoms with van der Waals surface area (Å²) in [5.74, 6) is 2.03. The second-order valence-electron chi connectivity index (χ2n) is 3.61. The fourth-order valence-electron chi connectivity index (χ4n) is 1.64. The highest BCUT2D eigenvalue weighted by Crippen LogP contribution is 2.16. The highest BCUT2D eigenvalue weighted by molar-refractivity contribution is 5.88. The van der Waals surface area contributed by atoms with Gasteiger partial charge in [0.1, 0.15) is 5.94 Å². The monoisotopic (exact) mass is 208 g/mol. The first-order valence-corrected chi connectivity index (χ1v) is 5.23. The largest absolute Gasteiger partial charge is 0.233 e. The number of hydrogen-bond donors (Lipinski definition) is 0. The molecule has 0 radical (unpaired) electrons. The first-order valence-electron chi connectivity index (χ1n) is 5.23. The lowest BCUT2D eigenvalue weighted by Gasteiger charge is -2.03. The summed E-state index contributed by atoms with van der Waals surface area (Å²) in [4.78, 5) is 10.9. The molecule has 0 saturated carbocycles. The molecular formula is C15H12O. The van der Waals surface area contributed by atoms with Gasteiger partial charge in [-0.3, -0.25) is 0 Å². The molecule has 0 aliphatic carbocycles. The molecule has 0 atom stereocenters. The molecule has 0 N–H and O–H groups in total. The van der Waals surface area contributed by atoms with E-state index in [1.54, 1.807) is 0 Å². The molecular weight excluding hydrogens is 196 g/mol. The van der Waals surface area contributed by atoms with E-state index in [4.69, 9.17) is 0 Å². The van der Waals surface area contributed by atoms with Gasteiger partial charge in [0.2, 0.25) is 0 Å². The summed E-state index contributed by atoms with van der Waals surface area (Å²) >= 11 is 0. The van der Waals surface area contributed by atoms with Gasteiger partial charge < -0.3 is 0 Å². The van der Waals surface area contributed by atoms with E-state index >= 15 is 0 Å². The van der Waals surface area contributed by atoms with Crippen molar-refractivity contribution < 1.29 is 4.79 Å². The molecule has 0 saturated heterocycles. The molecule has 0 fully saturated rings. The molecule has 78 valence electrons. The topological polar surface area (TPSA) is 17.1 Å². The molecule has 0 spiro atoms. The van der Waals surface area contributed by atoms with E-state index in [0.29, 0.717) is 12.0 Å². The van der Waals surface area contributed by atoms with Gasteiger partial charge in [-0.25, -0.2) is 4.79 Å². The van der Waals surface area contributed by atoms with Gasteiger partial charge in [-0.2, -0.15) is 0 Å². The number of hydrogen-bond acceptors (Lipinski definition) is 1. The zero-order valence-corrected chi connectivity index (χ0v) is 8.89. The Balaban J connectivity index is 2.24. The van der Waals surface area contributed by atoms with Crippen molar-refractivity contribution in [3.05, 3.63) is 71.8 Å². The Hall–Kier alpha value is -2.11. The molecule has 0 aromatic heterocycles. The van der Waals surface area contributed by atoms with Gasteiger partial charge in [0.15, 0.2) is 0 Å². The Labute approximate surface area is 95.1 Å². The number of benzene rings is 2. The normalized spacial score (nSPS) is 9.50. The van der Waals surface area contributed by atoms with Gasteiger partial charge >= 0.3 is 0 Å². The molecule has 0 heterocycles. The van der Waals surface area contributed by atoms with Crippen LogP contribution in [0.4, 0.5) is 0 Å². The molecule has 1 heteroatoms. The molecule has 0 aliphatic rings. The van der Waals surface area contributed by atoms with E-state index in [1.807, 2.05) is 66.6 Å². The van der Waals surface area contributed by atoms with E-state index in [-0.39, 0.29) is 0 Å². The van der Waals surface area contributed by atoms with Gasteiger partial charge in [-0.1, -0.05) is 60.7 Å². The molecule has 16 heavy (non-hydrogen) atoms.